The standard InChI is InChI=1S/C29H33N3O3/c33-29(31-34)24-10-8-21(9-11-24)18-22(19-30-25-14-16-32(17-15-25)26-12-13-26)20-35-28-7-3-5-23-4-1-2-6-27(23)28/h1-11,18,25-26,30,34H,12-17,19-20H2,(H,31,33)/b22-18+. The van der Waals surface area contributed by atoms with Crippen LogP contribution in [-0.2, 0) is 0 Å². The maximum atomic E-state index is 11.7. The minimum absolute atomic E-state index is 0.416. The topological polar surface area (TPSA) is 73.8 Å². The van der Waals surface area contributed by atoms with Crippen LogP contribution in [0.15, 0.2) is 72.3 Å². The molecule has 0 unspecified atom stereocenters. The van der Waals surface area contributed by atoms with Crippen LogP contribution >= 0.6 is 0 Å². The third-order valence-electron chi connectivity index (χ3n) is 7.02. The number of hydrogen-bond donors (Lipinski definition) is 3. The predicted octanol–water partition coefficient (Wildman–Crippen LogP) is 4.64. The number of hydrogen-bond acceptors (Lipinski definition) is 5. The highest BCUT2D eigenvalue weighted by molar-refractivity contribution is 5.93. The average Bonchev–Trinajstić information content (AvgIpc) is 3.76. The number of carbonyl (C=O) groups excluding carboxylic acids is 1. The zero-order valence-corrected chi connectivity index (χ0v) is 20.0. The molecule has 1 aliphatic heterocycles. The Bertz CT molecular complexity index is 1170. The summed E-state index contributed by atoms with van der Waals surface area (Å²) >= 11 is 0. The number of carbonyl (C=O) groups is 1. The van der Waals surface area contributed by atoms with Gasteiger partial charge in [-0.2, -0.15) is 0 Å². The van der Waals surface area contributed by atoms with Gasteiger partial charge in [0, 0.05) is 29.6 Å². The van der Waals surface area contributed by atoms with Gasteiger partial charge in [0.15, 0.2) is 0 Å². The Balaban J connectivity index is 1.28. The molecule has 6 heteroatoms. The number of nitrogens with one attached hydrogen (secondary N) is 2. The second-order valence-electron chi connectivity index (χ2n) is 9.55. The van der Waals surface area contributed by atoms with E-state index in [1.807, 2.05) is 36.4 Å². The maximum Gasteiger partial charge on any atom is 0.274 e. The lowest BCUT2D eigenvalue weighted by Crippen LogP contribution is -2.44. The molecule has 1 aliphatic carbocycles. The van der Waals surface area contributed by atoms with E-state index in [0.717, 1.165) is 40.2 Å². The van der Waals surface area contributed by atoms with Crippen LogP contribution in [-0.4, -0.2) is 54.3 Å². The third kappa shape index (κ3) is 6.09. The Hall–Kier alpha value is -3.19. The summed E-state index contributed by atoms with van der Waals surface area (Å²) in [5.41, 5.74) is 4.22. The lowest BCUT2D eigenvalue weighted by molar-refractivity contribution is 0.0706. The number of amides is 1. The lowest BCUT2D eigenvalue weighted by atomic mass is 10.0. The second kappa shape index (κ2) is 11.0. The molecule has 0 aromatic heterocycles. The fourth-order valence-corrected chi connectivity index (χ4v) is 4.85. The van der Waals surface area contributed by atoms with Crippen LogP contribution in [0, 0.1) is 0 Å². The van der Waals surface area contributed by atoms with Crippen LogP contribution in [0.5, 0.6) is 5.75 Å². The van der Waals surface area contributed by atoms with Crippen molar-refractivity contribution in [2.75, 3.05) is 26.2 Å². The molecule has 3 aromatic carbocycles. The molecule has 1 heterocycles. The molecule has 2 fully saturated rings. The van der Waals surface area contributed by atoms with Gasteiger partial charge in [-0.05, 0) is 73.5 Å². The quantitative estimate of drug-likeness (QED) is 0.313. The molecule has 6 nitrogen and oxygen atoms in total. The van der Waals surface area contributed by atoms with Gasteiger partial charge >= 0.3 is 0 Å². The summed E-state index contributed by atoms with van der Waals surface area (Å²) in [6.07, 6.45) is 7.22. The Labute approximate surface area is 206 Å². The molecule has 0 atom stereocenters. The van der Waals surface area contributed by atoms with E-state index in [4.69, 9.17) is 9.94 Å². The monoisotopic (exact) mass is 471 g/mol. The predicted molar refractivity (Wildman–Crippen MR) is 139 cm³/mol. The van der Waals surface area contributed by atoms with Gasteiger partial charge in [0.05, 0.1) is 0 Å². The molecule has 2 aliphatic rings. The molecule has 35 heavy (non-hydrogen) atoms. The van der Waals surface area contributed by atoms with Gasteiger partial charge in [-0.3, -0.25) is 10.0 Å². The van der Waals surface area contributed by atoms with Crippen molar-refractivity contribution < 1.29 is 14.7 Å². The average molecular weight is 472 g/mol. The number of hydroxylamine groups is 1. The minimum Gasteiger partial charge on any atom is -0.489 e. The van der Waals surface area contributed by atoms with E-state index < -0.39 is 5.91 Å². The van der Waals surface area contributed by atoms with E-state index in [1.165, 1.54) is 38.8 Å². The smallest absolute Gasteiger partial charge is 0.274 e. The number of benzene rings is 3. The summed E-state index contributed by atoms with van der Waals surface area (Å²) in [5, 5.41) is 14.9. The Morgan fingerprint density at radius 1 is 0.971 bits per heavy atom. The number of rotatable bonds is 9. The number of ether oxygens (including phenoxy) is 1. The van der Waals surface area contributed by atoms with Gasteiger partial charge in [0.1, 0.15) is 12.4 Å². The molecule has 1 saturated carbocycles. The molecule has 3 aromatic rings. The number of piperidine rings is 1. The zero-order valence-electron chi connectivity index (χ0n) is 20.0. The first kappa shape index (κ1) is 23.5. The molecule has 0 radical (unpaired) electrons. The van der Waals surface area contributed by atoms with Crippen molar-refractivity contribution in [1.29, 1.82) is 0 Å². The molecular weight excluding hydrogens is 438 g/mol. The van der Waals surface area contributed by atoms with Crippen molar-refractivity contribution >= 4 is 22.8 Å². The largest absolute Gasteiger partial charge is 0.489 e. The molecule has 1 amide bonds. The number of nitrogens with zero attached hydrogens (tertiary/aromatic N) is 1. The van der Waals surface area contributed by atoms with Crippen molar-refractivity contribution in [2.45, 2.75) is 37.8 Å². The van der Waals surface area contributed by atoms with E-state index in [9.17, 15) is 4.79 Å². The molecule has 182 valence electrons. The van der Waals surface area contributed by atoms with E-state index in [0.29, 0.717) is 18.2 Å². The number of likely N-dealkylation sites (tertiary alicyclic amines) is 1. The zero-order chi connectivity index (χ0) is 24.0. The van der Waals surface area contributed by atoms with Crippen molar-refractivity contribution in [1.82, 2.24) is 15.7 Å². The van der Waals surface area contributed by atoms with Crippen LogP contribution in [0.4, 0.5) is 0 Å². The molecule has 0 bridgehead atoms. The first-order valence-electron chi connectivity index (χ1n) is 12.5. The van der Waals surface area contributed by atoms with Gasteiger partial charge in [-0.15, -0.1) is 0 Å². The van der Waals surface area contributed by atoms with Crippen LogP contribution < -0.4 is 15.5 Å². The molecule has 0 spiro atoms. The summed E-state index contributed by atoms with van der Waals surface area (Å²) in [5.74, 6) is 0.362. The summed E-state index contributed by atoms with van der Waals surface area (Å²) in [7, 11) is 0. The van der Waals surface area contributed by atoms with Gasteiger partial charge in [0.2, 0.25) is 0 Å². The second-order valence-corrected chi connectivity index (χ2v) is 9.55. The Morgan fingerprint density at radius 3 is 2.46 bits per heavy atom. The third-order valence-corrected chi connectivity index (χ3v) is 7.02. The fourth-order valence-electron chi connectivity index (χ4n) is 4.85. The van der Waals surface area contributed by atoms with Crippen molar-refractivity contribution in [3.63, 3.8) is 0 Å². The van der Waals surface area contributed by atoms with Gasteiger partial charge < -0.3 is 15.0 Å². The number of fused-ring (bicyclic) bond motifs is 1. The van der Waals surface area contributed by atoms with E-state index in [1.54, 1.807) is 17.6 Å². The normalized spacial score (nSPS) is 17.5. The van der Waals surface area contributed by atoms with Crippen LogP contribution in [0.1, 0.15) is 41.6 Å². The molecule has 1 saturated heterocycles. The highest BCUT2D eigenvalue weighted by Crippen LogP contribution is 2.29. The summed E-state index contributed by atoms with van der Waals surface area (Å²) in [4.78, 5) is 14.3. The fraction of sp³-hybridized carbons (Fsp3) is 0.345. The highest BCUT2D eigenvalue weighted by Gasteiger charge is 2.31. The first-order chi connectivity index (χ1) is 17.2. The summed E-state index contributed by atoms with van der Waals surface area (Å²) in [6, 6.07) is 22.9. The minimum atomic E-state index is -0.515. The van der Waals surface area contributed by atoms with Gasteiger partial charge in [0.25, 0.3) is 5.91 Å². The molecular formula is C29H33N3O3. The van der Waals surface area contributed by atoms with Crippen LogP contribution in [0.2, 0.25) is 0 Å². The van der Waals surface area contributed by atoms with Crippen LogP contribution in [0.3, 0.4) is 0 Å². The van der Waals surface area contributed by atoms with Crippen molar-refractivity contribution in [3.8, 4) is 5.75 Å². The lowest BCUT2D eigenvalue weighted by Gasteiger charge is -2.32. The summed E-state index contributed by atoms with van der Waals surface area (Å²) in [6.45, 7) is 3.59. The summed E-state index contributed by atoms with van der Waals surface area (Å²) < 4.78 is 6.32. The van der Waals surface area contributed by atoms with Gasteiger partial charge in [-0.25, -0.2) is 5.48 Å². The van der Waals surface area contributed by atoms with E-state index in [2.05, 4.69) is 34.5 Å². The van der Waals surface area contributed by atoms with Gasteiger partial charge in [-0.1, -0.05) is 54.6 Å². The Morgan fingerprint density at radius 2 is 1.71 bits per heavy atom. The van der Waals surface area contributed by atoms with E-state index in [-0.39, 0.29) is 0 Å². The maximum absolute atomic E-state index is 11.7. The van der Waals surface area contributed by atoms with Crippen LogP contribution in [0.25, 0.3) is 16.8 Å². The SMILES string of the molecule is O=C(NO)c1ccc(/C=C(\CNC2CCN(C3CC3)CC2)COc2cccc3ccccc23)cc1. The molecule has 5 rings (SSSR count). The van der Waals surface area contributed by atoms with Crippen molar-refractivity contribution in [2.24, 2.45) is 0 Å². The highest BCUT2D eigenvalue weighted by atomic mass is 16.5. The van der Waals surface area contributed by atoms with Crippen molar-refractivity contribution in [3.05, 3.63) is 83.4 Å². The Kier molecular flexibility index (Phi) is 7.42. The molecule has 3 N–H and O–H groups in total. The van der Waals surface area contributed by atoms with E-state index >= 15 is 0 Å². The first-order valence-corrected chi connectivity index (χ1v) is 12.5.